The highest BCUT2D eigenvalue weighted by atomic mass is 16.7. The van der Waals surface area contributed by atoms with Gasteiger partial charge in [-0.2, -0.15) is 0 Å². The second-order valence-corrected chi connectivity index (χ2v) is 8.18. The molecule has 4 atom stereocenters. The summed E-state index contributed by atoms with van der Waals surface area (Å²) in [5.41, 5.74) is 3.08. The van der Waals surface area contributed by atoms with Crippen LogP contribution in [0.5, 0.6) is 0 Å². The molecular weight excluding hydrogens is 432 g/mol. The average Bonchev–Trinajstić information content (AvgIpc) is 3.18. The Labute approximate surface area is 200 Å². The van der Waals surface area contributed by atoms with Crippen molar-refractivity contribution in [2.75, 3.05) is 6.61 Å². The Bertz CT molecular complexity index is 995. The number of rotatable bonds is 11. The molecule has 0 aromatic heterocycles. The van der Waals surface area contributed by atoms with E-state index >= 15 is 0 Å². The van der Waals surface area contributed by atoms with Gasteiger partial charge < -0.3 is 23.7 Å². The van der Waals surface area contributed by atoms with E-state index in [1.54, 1.807) is 0 Å². The lowest BCUT2D eigenvalue weighted by atomic mass is 10.1. The fourth-order valence-electron chi connectivity index (χ4n) is 3.86. The van der Waals surface area contributed by atoms with E-state index in [0.717, 1.165) is 16.7 Å². The van der Waals surface area contributed by atoms with E-state index in [9.17, 15) is 4.79 Å². The number of carbonyl (C=O) groups excluding carboxylic acids is 1. The highest BCUT2D eigenvalue weighted by molar-refractivity contribution is 5.66. The van der Waals surface area contributed by atoms with Crippen LogP contribution in [0.2, 0.25) is 0 Å². The summed E-state index contributed by atoms with van der Waals surface area (Å²) in [5, 5.41) is 0. The Morgan fingerprint density at radius 2 is 1.21 bits per heavy atom. The molecule has 178 valence electrons. The molecule has 1 saturated heterocycles. The van der Waals surface area contributed by atoms with Gasteiger partial charge in [0.05, 0.1) is 26.4 Å². The maximum atomic E-state index is 11.9. The Morgan fingerprint density at radius 3 is 1.74 bits per heavy atom. The van der Waals surface area contributed by atoms with Gasteiger partial charge in [-0.25, -0.2) is 0 Å². The molecule has 1 unspecified atom stereocenters. The number of hydrogen-bond donors (Lipinski definition) is 0. The van der Waals surface area contributed by atoms with Crippen molar-refractivity contribution in [3.63, 3.8) is 0 Å². The van der Waals surface area contributed by atoms with Crippen molar-refractivity contribution in [3.05, 3.63) is 108 Å². The number of carbonyl (C=O) groups is 1. The maximum Gasteiger partial charge on any atom is 0.303 e. The highest BCUT2D eigenvalue weighted by Gasteiger charge is 2.48. The Hall–Kier alpha value is -3.03. The van der Waals surface area contributed by atoms with E-state index < -0.39 is 30.6 Å². The van der Waals surface area contributed by atoms with Crippen molar-refractivity contribution in [1.29, 1.82) is 0 Å². The van der Waals surface area contributed by atoms with Gasteiger partial charge in [0.2, 0.25) is 0 Å². The lowest BCUT2D eigenvalue weighted by Crippen LogP contribution is -2.40. The molecule has 0 spiro atoms. The molecule has 0 aliphatic carbocycles. The van der Waals surface area contributed by atoms with Crippen LogP contribution >= 0.6 is 0 Å². The zero-order valence-electron chi connectivity index (χ0n) is 19.2. The SMILES string of the molecule is CC(=O)O[C@H]1C(OCc2ccccc2)[C@@H](COCc2ccccc2)O[C@H]1OCc1ccccc1. The molecule has 0 radical (unpaired) electrons. The monoisotopic (exact) mass is 462 g/mol. The molecule has 0 bridgehead atoms. The average molecular weight is 463 g/mol. The summed E-state index contributed by atoms with van der Waals surface area (Å²) in [6.07, 6.45) is -2.48. The Morgan fingerprint density at radius 1 is 0.706 bits per heavy atom. The molecule has 1 fully saturated rings. The van der Waals surface area contributed by atoms with E-state index in [0.29, 0.717) is 19.8 Å². The van der Waals surface area contributed by atoms with Gasteiger partial charge in [0, 0.05) is 6.92 Å². The van der Waals surface area contributed by atoms with Crippen LogP contribution in [0.15, 0.2) is 91.0 Å². The van der Waals surface area contributed by atoms with Crippen LogP contribution in [0.3, 0.4) is 0 Å². The van der Waals surface area contributed by atoms with Gasteiger partial charge in [-0.3, -0.25) is 4.79 Å². The van der Waals surface area contributed by atoms with Crippen molar-refractivity contribution in [2.45, 2.75) is 51.3 Å². The summed E-state index contributed by atoms with van der Waals surface area (Å²) in [7, 11) is 0. The predicted molar refractivity (Wildman–Crippen MR) is 127 cm³/mol. The molecule has 3 aromatic rings. The third-order valence-corrected chi connectivity index (χ3v) is 5.51. The third-order valence-electron chi connectivity index (χ3n) is 5.51. The van der Waals surface area contributed by atoms with Gasteiger partial charge in [-0.05, 0) is 16.7 Å². The first-order chi connectivity index (χ1) is 16.7. The van der Waals surface area contributed by atoms with Crippen molar-refractivity contribution in [3.8, 4) is 0 Å². The molecule has 6 heteroatoms. The molecule has 6 nitrogen and oxygen atoms in total. The largest absolute Gasteiger partial charge is 0.454 e. The van der Waals surface area contributed by atoms with Crippen molar-refractivity contribution >= 4 is 5.97 Å². The molecule has 1 aliphatic rings. The van der Waals surface area contributed by atoms with Crippen molar-refractivity contribution in [2.24, 2.45) is 0 Å². The molecule has 1 aliphatic heterocycles. The van der Waals surface area contributed by atoms with Gasteiger partial charge >= 0.3 is 5.97 Å². The van der Waals surface area contributed by atoms with Gasteiger partial charge in [0.1, 0.15) is 12.2 Å². The Balaban J connectivity index is 1.45. The smallest absolute Gasteiger partial charge is 0.303 e. The normalized spacial score (nSPS) is 21.9. The quantitative estimate of drug-likeness (QED) is 0.386. The zero-order valence-corrected chi connectivity index (χ0v) is 19.2. The second-order valence-electron chi connectivity index (χ2n) is 8.18. The number of hydrogen-bond acceptors (Lipinski definition) is 6. The first-order valence-corrected chi connectivity index (χ1v) is 11.4. The molecule has 0 saturated carbocycles. The molecule has 0 N–H and O–H groups in total. The standard InChI is InChI=1S/C28H30O6/c1-21(29)33-27-26(31-18-23-13-7-3-8-14-23)25(20-30-17-22-11-5-2-6-12-22)34-28(27)32-19-24-15-9-4-10-16-24/h2-16,25-28H,17-20H2,1H3/t25-,26?,27+,28-/m1/s1. The first kappa shape index (κ1) is 24.1. The molecule has 34 heavy (non-hydrogen) atoms. The summed E-state index contributed by atoms with van der Waals surface area (Å²) < 4.78 is 30.1. The van der Waals surface area contributed by atoms with Crippen LogP contribution in [0.4, 0.5) is 0 Å². The van der Waals surface area contributed by atoms with E-state index in [-0.39, 0.29) is 6.61 Å². The minimum absolute atomic E-state index is 0.275. The van der Waals surface area contributed by atoms with Crippen LogP contribution < -0.4 is 0 Å². The van der Waals surface area contributed by atoms with Crippen LogP contribution in [-0.2, 0) is 48.3 Å². The van der Waals surface area contributed by atoms with Crippen LogP contribution in [0, 0.1) is 0 Å². The maximum absolute atomic E-state index is 11.9. The molecular formula is C28H30O6. The van der Waals surface area contributed by atoms with Crippen LogP contribution in [-0.4, -0.2) is 37.2 Å². The van der Waals surface area contributed by atoms with Crippen molar-refractivity contribution < 1.29 is 28.5 Å². The lowest BCUT2D eigenvalue weighted by Gasteiger charge is -2.24. The fourth-order valence-corrected chi connectivity index (χ4v) is 3.86. The van der Waals surface area contributed by atoms with Gasteiger partial charge in [0.15, 0.2) is 12.4 Å². The highest BCUT2D eigenvalue weighted by Crippen LogP contribution is 2.30. The van der Waals surface area contributed by atoms with Gasteiger partial charge in [-0.15, -0.1) is 0 Å². The third kappa shape index (κ3) is 6.98. The summed E-state index contributed by atoms with van der Waals surface area (Å²) in [5.74, 6) is -0.416. The van der Waals surface area contributed by atoms with Crippen LogP contribution in [0.25, 0.3) is 0 Å². The number of esters is 1. The fraction of sp³-hybridized carbons (Fsp3) is 0.321. The second kappa shape index (κ2) is 12.4. The van der Waals surface area contributed by atoms with E-state index in [1.165, 1.54) is 6.92 Å². The van der Waals surface area contributed by atoms with E-state index in [4.69, 9.17) is 23.7 Å². The molecule has 4 rings (SSSR count). The lowest BCUT2D eigenvalue weighted by molar-refractivity contribution is -0.193. The summed E-state index contributed by atoms with van der Waals surface area (Å²) in [4.78, 5) is 11.9. The topological polar surface area (TPSA) is 63.2 Å². The number of ether oxygens (including phenoxy) is 5. The minimum atomic E-state index is -0.768. The molecule has 3 aromatic carbocycles. The van der Waals surface area contributed by atoms with Crippen LogP contribution in [0.1, 0.15) is 23.6 Å². The molecule has 1 heterocycles. The molecule has 0 amide bonds. The number of benzene rings is 3. The van der Waals surface area contributed by atoms with Gasteiger partial charge in [-0.1, -0.05) is 91.0 Å². The summed E-state index contributed by atoms with van der Waals surface area (Å²) in [6.45, 7) is 2.78. The zero-order chi connectivity index (χ0) is 23.6. The van der Waals surface area contributed by atoms with E-state index in [2.05, 4.69) is 0 Å². The summed E-state index contributed by atoms with van der Waals surface area (Å²) >= 11 is 0. The Kier molecular flexibility index (Phi) is 8.82. The minimum Gasteiger partial charge on any atom is -0.454 e. The predicted octanol–water partition coefficient (Wildman–Crippen LogP) is 4.66. The van der Waals surface area contributed by atoms with Crippen molar-refractivity contribution in [1.82, 2.24) is 0 Å². The van der Waals surface area contributed by atoms with E-state index in [1.807, 2.05) is 91.0 Å². The summed E-state index contributed by atoms with van der Waals surface area (Å²) in [6, 6.07) is 29.6. The van der Waals surface area contributed by atoms with Gasteiger partial charge in [0.25, 0.3) is 0 Å². The first-order valence-electron chi connectivity index (χ1n) is 11.4.